The molecule has 0 saturated heterocycles. The van der Waals surface area contributed by atoms with E-state index in [0.29, 0.717) is 5.15 Å². The Kier molecular flexibility index (Phi) is 2.20. The topological polar surface area (TPSA) is 33.1 Å². The van der Waals surface area contributed by atoms with Crippen molar-refractivity contribution in [1.29, 1.82) is 0 Å². The highest BCUT2D eigenvalue weighted by Crippen LogP contribution is 2.37. The van der Waals surface area contributed by atoms with E-state index >= 15 is 0 Å². The lowest BCUT2D eigenvalue weighted by Crippen LogP contribution is -1.78. The van der Waals surface area contributed by atoms with Crippen LogP contribution >= 0.6 is 22.9 Å². The summed E-state index contributed by atoms with van der Waals surface area (Å²) in [5.41, 5.74) is 0.775. The highest BCUT2D eigenvalue weighted by Gasteiger charge is 2.09. The number of thiophene rings is 1. The molecule has 0 unspecified atom stereocenters. The lowest BCUT2D eigenvalue weighted by Gasteiger charge is -1.99. The molecule has 0 aromatic carbocycles. The molecule has 2 aromatic rings. The van der Waals surface area contributed by atoms with Crippen LogP contribution in [0.15, 0.2) is 29.8 Å². The summed E-state index contributed by atoms with van der Waals surface area (Å²) in [5, 5.41) is 11.7. The molecule has 1 N–H and O–H groups in total. The second-order valence-electron chi connectivity index (χ2n) is 2.48. The van der Waals surface area contributed by atoms with Gasteiger partial charge in [-0.25, -0.2) is 4.98 Å². The van der Waals surface area contributed by atoms with Gasteiger partial charge in [-0.05, 0) is 23.6 Å². The summed E-state index contributed by atoms with van der Waals surface area (Å²) in [6.07, 6.45) is 1.62. The molecule has 2 aromatic heterocycles. The Hall–Kier alpha value is -1.06. The SMILES string of the molecule is Oc1ccsc1-c1cccnc1Cl. The van der Waals surface area contributed by atoms with E-state index in [9.17, 15) is 5.11 Å². The van der Waals surface area contributed by atoms with Gasteiger partial charge in [0.2, 0.25) is 0 Å². The summed E-state index contributed by atoms with van der Waals surface area (Å²) in [6.45, 7) is 0. The normalized spacial score (nSPS) is 10.2. The summed E-state index contributed by atoms with van der Waals surface area (Å²) in [5.74, 6) is 0.250. The number of rotatable bonds is 1. The Balaban J connectivity index is 2.59. The number of aromatic hydroxyl groups is 1. The van der Waals surface area contributed by atoms with Gasteiger partial charge < -0.3 is 5.11 Å². The van der Waals surface area contributed by atoms with Gasteiger partial charge in [0.1, 0.15) is 10.9 Å². The standard InChI is InChI=1S/C9H6ClNOS/c10-9-6(2-1-4-11-9)8-7(12)3-5-13-8/h1-5,12H. The lowest BCUT2D eigenvalue weighted by molar-refractivity contribution is 0.479. The highest BCUT2D eigenvalue weighted by atomic mass is 35.5. The van der Waals surface area contributed by atoms with Crippen molar-refractivity contribution in [2.24, 2.45) is 0 Å². The van der Waals surface area contributed by atoms with Crippen molar-refractivity contribution in [3.8, 4) is 16.2 Å². The molecule has 0 saturated carbocycles. The summed E-state index contributed by atoms with van der Waals surface area (Å²) in [6, 6.07) is 5.27. The lowest BCUT2D eigenvalue weighted by atomic mass is 10.2. The van der Waals surface area contributed by atoms with E-state index in [1.165, 1.54) is 11.3 Å². The molecule has 2 nitrogen and oxygen atoms in total. The fraction of sp³-hybridized carbons (Fsp3) is 0. The second-order valence-corrected chi connectivity index (χ2v) is 3.75. The van der Waals surface area contributed by atoms with Gasteiger partial charge in [-0.3, -0.25) is 0 Å². The summed E-state index contributed by atoms with van der Waals surface area (Å²) >= 11 is 7.31. The molecule has 13 heavy (non-hydrogen) atoms. The molecule has 0 bridgehead atoms. The van der Waals surface area contributed by atoms with Crippen LogP contribution in [-0.4, -0.2) is 10.1 Å². The molecule has 0 atom stereocenters. The van der Waals surface area contributed by atoms with Gasteiger partial charge in [0.15, 0.2) is 0 Å². The van der Waals surface area contributed by atoms with Crippen molar-refractivity contribution in [3.05, 3.63) is 34.9 Å². The van der Waals surface area contributed by atoms with E-state index < -0.39 is 0 Å². The molecule has 0 radical (unpaired) electrons. The zero-order valence-electron chi connectivity index (χ0n) is 6.57. The van der Waals surface area contributed by atoms with E-state index in [1.54, 1.807) is 18.3 Å². The molecular weight excluding hydrogens is 206 g/mol. The maximum atomic E-state index is 9.45. The molecule has 0 fully saturated rings. The largest absolute Gasteiger partial charge is 0.506 e. The fourth-order valence-electron chi connectivity index (χ4n) is 1.06. The van der Waals surface area contributed by atoms with Crippen LogP contribution < -0.4 is 0 Å². The number of nitrogens with zero attached hydrogens (tertiary/aromatic N) is 1. The fourth-order valence-corrected chi connectivity index (χ4v) is 2.14. The van der Waals surface area contributed by atoms with Crippen LogP contribution in [-0.2, 0) is 0 Å². The van der Waals surface area contributed by atoms with Crippen molar-refractivity contribution in [2.75, 3.05) is 0 Å². The third-order valence-electron chi connectivity index (χ3n) is 1.65. The van der Waals surface area contributed by atoms with E-state index in [4.69, 9.17) is 11.6 Å². The van der Waals surface area contributed by atoms with E-state index in [1.807, 2.05) is 11.4 Å². The molecule has 66 valence electrons. The molecular formula is C9H6ClNOS. The average Bonchev–Trinajstić information content (AvgIpc) is 2.52. The van der Waals surface area contributed by atoms with Crippen LogP contribution in [0.1, 0.15) is 0 Å². The Morgan fingerprint density at radius 1 is 1.38 bits per heavy atom. The van der Waals surface area contributed by atoms with Gasteiger partial charge in [-0.1, -0.05) is 11.6 Å². The Morgan fingerprint density at radius 3 is 2.85 bits per heavy atom. The van der Waals surface area contributed by atoms with Crippen LogP contribution in [0.5, 0.6) is 5.75 Å². The van der Waals surface area contributed by atoms with E-state index in [0.717, 1.165) is 10.4 Å². The van der Waals surface area contributed by atoms with Crippen LogP contribution in [0.4, 0.5) is 0 Å². The van der Waals surface area contributed by atoms with Crippen LogP contribution in [0, 0.1) is 0 Å². The molecule has 0 spiro atoms. The maximum absolute atomic E-state index is 9.45. The van der Waals surface area contributed by atoms with Crippen molar-refractivity contribution in [1.82, 2.24) is 4.98 Å². The minimum atomic E-state index is 0.250. The molecule has 4 heteroatoms. The molecule has 0 aliphatic carbocycles. The van der Waals surface area contributed by atoms with Gasteiger partial charge in [0.25, 0.3) is 0 Å². The van der Waals surface area contributed by atoms with Crippen molar-refractivity contribution in [2.45, 2.75) is 0 Å². The first-order chi connectivity index (χ1) is 6.29. The zero-order chi connectivity index (χ0) is 9.26. The van der Waals surface area contributed by atoms with Crippen molar-refractivity contribution >= 4 is 22.9 Å². The minimum Gasteiger partial charge on any atom is -0.506 e. The Labute approximate surface area is 84.4 Å². The zero-order valence-corrected chi connectivity index (χ0v) is 8.14. The third kappa shape index (κ3) is 1.53. The summed E-state index contributed by atoms with van der Waals surface area (Å²) in [4.78, 5) is 4.70. The molecule has 0 amide bonds. The minimum absolute atomic E-state index is 0.250. The highest BCUT2D eigenvalue weighted by molar-refractivity contribution is 7.14. The number of hydrogen-bond acceptors (Lipinski definition) is 3. The molecule has 0 aliphatic heterocycles. The first-order valence-electron chi connectivity index (χ1n) is 3.66. The predicted octanol–water partition coefficient (Wildman–Crippen LogP) is 3.17. The first kappa shape index (κ1) is 8.53. The predicted molar refractivity (Wildman–Crippen MR) is 54.2 cm³/mol. The van der Waals surface area contributed by atoms with Gasteiger partial charge in [0.05, 0.1) is 4.88 Å². The molecule has 2 rings (SSSR count). The van der Waals surface area contributed by atoms with Gasteiger partial charge >= 0.3 is 0 Å². The maximum Gasteiger partial charge on any atom is 0.137 e. The Bertz CT molecular complexity index is 427. The molecule has 2 heterocycles. The van der Waals surface area contributed by atoms with Crippen LogP contribution in [0.25, 0.3) is 10.4 Å². The average molecular weight is 212 g/mol. The summed E-state index contributed by atoms with van der Waals surface area (Å²) in [7, 11) is 0. The van der Waals surface area contributed by atoms with E-state index in [2.05, 4.69) is 4.98 Å². The second kappa shape index (κ2) is 3.36. The van der Waals surface area contributed by atoms with Crippen molar-refractivity contribution < 1.29 is 5.11 Å². The number of pyridine rings is 1. The van der Waals surface area contributed by atoms with E-state index in [-0.39, 0.29) is 5.75 Å². The third-order valence-corrected chi connectivity index (χ3v) is 2.89. The number of hydrogen-bond donors (Lipinski definition) is 1. The van der Waals surface area contributed by atoms with Gasteiger partial charge in [-0.15, -0.1) is 11.3 Å². The number of halogens is 1. The van der Waals surface area contributed by atoms with Crippen molar-refractivity contribution in [3.63, 3.8) is 0 Å². The number of aromatic nitrogens is 1. The van der Waals surface area contributed by atoms with Crippen LogP contribution in [0.3, 0.4) is 0 Å². The quantitative estimate of drug-likeness (QED) is 0.735. The van der Waals surface area contributed by atoms with Gasteiger partial charge in [-0.2, -0.15) is 0 Å². The first-order valence-corrected chi connectivity index (χ1v) is 4.92. The monoisotopic (exact) mass is 211 g/mol. The molecule has 0 aliphatic rings. The Morgan fingerprint density at radius 2 is 2.23 bits per heavy atom. The smallest absolute Gasteiger partial charge is 0.137 e. The summed E-state index contributed by atoms with van der Waals surface area (Å²) < 4.78 is 0. The van der Waals surface area contributed by atoms with Crippen LogP contribution in [0.2, 0.25) is 5.15 Å². The van der Waals surface area contributed by atoms with Gasteiger partial charge in [0, 0.05) is 11.8 Å².